The zero-order chi connectivity index (χ0) is 15.8. The van der Waals surface area contributed by atoms with E-state index in [1.165, 1.54) is 19.2 Å². The Bertz CT molecular complexity index is 509. The van der Waals surface area contributed by atoms with Crippen LogP contribution in [0.25, 0.3) is 0 Å². The van der Waals surface area contributed by atoms with Gasteiger partial charge >= 0.3 is 0 Å². The van der Waals surface area contributed by atoms with E-state index in [1.807, 2.05) is 0 Å². The fraction of sp³-hybridized carbons (Fsp3) is 0.417. The molecular formula is C12H17ClN3O4S-. The maximum absolute atomic E-state index is 12.1. The van der Waals surface area contributed by atoms with Crippen molar-refractivity contribution >= 4 is 28.6 Å². The molecule has 0 radical (unpaired) electrons. The minimum atomic E-state index is -2.44. The maximum atomic E-state index is 12.1. The fourth-order valence-electron chi connectivity index (χ4n) is 1.81. The molecule has 1 aliphatic rings. The number of nitrogens with one attached hydrogen (secondary N) is 2. The fourth-order valence-corrected chi connectivity index (χ4v) is 2.57. The van der Waals surface area contributed by atoms with E-state index >= 15 is 0 Å². The summed E-state index contributed by atoms with van der Waals surface area (Å²) in [6, 6.07) is 4.29. The summed E-state index contributed by atoms with van der Waals surface area (Å²) in [5.74, 6) is -0.167. The molecule has 7 nitrogen and oxygen atoms in total. The SMILES string of the molecule is CNO.O=C(c1ccc(Cl)c(S(=O)[O-])c1)N1CCNCC1. The van der Waals surface area contributed by atoms with Crippen molar-refractivity contribution in [3.05, 3.63) is 28.8 Å². The summed E-state index contributed by atoms with van der Waals surface area (Å²) in [6.45, 7) is 2.74. The lowest BCUT2D eigenvalue weighted by Gasteiger charge is -2.27. The van der Waals surface area contributed by atoms with E-state index in [4.69, 9.17) is 16.8 Å². The van der Waals surface area contributed by atoms with E-state index in [2.05, 4.69) is 5.32 Å². The summed E-state index contributed by atoms with van der Waals surface area (Å²) in [4.78, 5) is 13.8. The summed E-state index contributed by atoms with van der Waals surface area (Å²) in [6.07, 6.45) is 0. The standard InChI is InChI=1S/C11H13ClN2O3S.CH5NO/c12-9-2-1-8(7-10(9)18(16)17)11(15)14-5-3-13-4-6-14;1-2-3/h1-2,7,13H,3-6H2,(H,16,17);2-3H,1H3/p-1. The molecule has 0 aliphatic carbocycles. The average molecular weight is 335 g/mol. The number of amides is 1. The van der Waals surface area contributed by atoms with Gasteiger partial charge < -0.3 is 20.0 Å². The first-order valence-electron chi connectivity index (χ1n) is 6.21. The first-order chi connectivity index (χ1) is 10.0. The maximum Gasteiger partial charge on any atom is 0.253 e. The number of benzene rings is 1. The Morgan fingerprint density at radius 1 is 1.48 bits per heavy atom. The van der Waals surface area contributed by atoms with Crippen LogP contribution in [0, 0.1) is 0 Å². The van der Waals surface area contributed by atoms with Crippen LogP contribution in [0.1, 0.15) is 10.4 Å². The topological polar surface area (TPSA) is 105 Å². The van der Waals surface area contributed by atoms with Crippen LogP contribution in [0.15, 0.2) is 23.1 Å². The van der Waals surface area contributed by atoms with Gasteiger partial charge in [-0.05, 0) is 29.3 Å². The number of hydroxylamine groups is 1. The molecule has 21 heavy (non-hydrogen) atoms. The van der Waals surface area contributed by atoms with Crippen molar-refractivity contribution in [2.45, 2.75) is 4.90 Å². The Labute approximate surface area is 130 Å². The van der Waals surface area contributed by atoms with Gasteiger partial charge in [-0.25, -0.2) is 5.48 Å². The lowest BCUT2D eigenvalue weighted by molar-refractivity contribution is 0.0735. The molecule has 0 bridgehead atoms. The number of hydrogen-bond acceptors (Lipinski definition) is 6. The Hall–Kier alpha value is -1.03. The van der Waals surface area contributed by atoms with Crippen LogP contribution in [-0.4, -0.2) is 58.0 Å². The molecule has 1 aliphatic heterocycles. The zero-order valence-corrected chi connectivity index (χ0v) is 13.0. The first-order valence-corrected chi connectivity index (χ1v) is 7.66. The number of rotatable bonds is 2. The predicted octanol–water partition coefficient (Wildman–Crippen LogP) is 0.218. The van der Waals surface area contributed by atoms with Crippen molar-refractivity contribution in [1.29, 1.82) is 0 Å². The number of nitrogens with zero attached hydrogens (tertiary/aromatic N) is 1. The summed E-state index contributed by atoms with van der Waals surface area (Å²) in [5, 5.41) is 10.6. The Balaban J connectivity index is 0.000000677. The molecule has 3 N–H and O–H groups in total. The van der Waals surface area contributed by atoms with E-state index in [1.54, 1.807) is 16.4 Å². The van der Waals surface area contributed by atoms with Crippen LogP contribution < -0.4 is 10.8 Å². The Morgan fingerprint density at radius 2 is 2.05 bits per heavy atom. The van der Waals surface area contributed by atoms with Crippen molar-refractivity contribution in [2.75, 3.05) is 33.2 Å². The molecule has 0 saturated carbocycles. The van der Waals surface area contributed by atoms with Crippen LogP contribution in [0.5, 0.6) is 0 Å². The monoisotopic (exact) mass is 334 g/mol. The molecule has 1 aromatic carbocycles. The van der Waals surface area contributed by atoms with Crippen molar-refractivity contribution in [3.8, 4) is 0 Å². The third kappa shape index (κ3) is 5.34. The van der Waals surface area contributed by atoms with Gasteiger partial charge in [-0.15, -0.1) is 0 Å². The van der Waals surface area contributed by atoms with Gasteiger partial charge in [-0.1, -0.05) is 11.6 Å². The Morgan fingerprint density at radius 3 is 2.57 bits per heavy atom. The number of halogens is 1. The van der Waals surface area contributed by atoms with E-state index < -0.39 is 11.1 Å². The van der Waals surface area contributed by atoms with Crippen LogP contribution >= 0.6 is 11.6 Å². The van der Waals surface area contributed by atoms with Crippen LogP contribution in [0.2, 0.25) is 5.02 Å². The van der Waals surface area contributed by atoms with Gasteiger partial charge in [0, 0.05) is 43.7 Å². The van der Waals surface area contributed by atoms with Gasteiger partial charge in [0.25, 0.3) is 5.91 Å². The van der Waals surface area contributed by atoms with Gasteiger partial charge in [0.05, 0.1) is 5.02 Å². The summed E-state index contributed by atoms with van der Waals surface area (Å²) < 4.78 is 21.9. The van der Waals surface area contributed by atoms with Crippen LogP contribution in [0.3, 0.4) is 0 Å². The normalized spacial score (nSPS) is 15.9. The summed E-state index contributed by atoms with van der Waals surface area (Å²) >= 11 is 3.32. The van der Waals surface area contributed by atoms with E-state index in [0.29, 0.717) is 18.7 Å². The highest BCUT2D eigenvalue weighted by Crippen LogP contribution is 2.21. The number of carbonyl (C=O) groups is 1. The van der Waals surface area contributed by atoms with E-state index in [9.17, 15) is 13.6 Å². The minimum absolute atomic E-state index is 0.0438. The van der Waals surface area contributed by atoms with Crippen LogP contribution in [0.4, 0.5) is 0 Å². The lowest BCUT2D eigenvalue weighted by atomic mass is 10.2. The number of piperazine rings is 1. The summed E-state index contributed by atoms with van der Waals surface area (Å²) in [5.41, 5.74) is 2.10. The summed E-state index contributed by atoms with van der Waals surface area (Å²) in [7, 11) is 1.43. The second kappa shape index (κ2) is 9.08. The van der Waals surface area contributed by atoms with Gasteiger partial charge in [0.2, 0.25) is 0 Å². The van der Waals surface area contributed by atoms with Gasteiger partial charge in [0.15, 0.2) is 0 Å². The molecule has 1 atom stereocenters. The quantitative estimate of drug-likeness (QED) is 0.528. The molecule has 1 amide bonds. The highest BCUT2D eigenvalue weighted by atomic mass is 35.5. The molecule has 1 heterocycles. The van der Waals surface area contributed by atoms with Gasteiger partial charge in [-0.3, -0.25) is 9.00 Å². The molecule has 1 saturated heterocycles. The third-order valence-corrected chi connectivity index (χ3v) is 3.90. The molecule has 0 aromatic heterocycles. The lowest BCUT2D eigenvalue weighted by Crippen LogP contribution is -2.46. The van der Waals surface area contributed by atoms with E-state index in [-0.39, 0.29) is 15.8 Å². The van der Waals surface area contributed by atoms with Gasteiger partial charge in [0.1, 0.15) is 0 Å². The highest BCUT2D eigenvalue weighted by Gasteiger charge is 2.18. The zero-order valence-electron chi connectivity index (χ0n) is 11.5. The average Bonchev–Trinajstić information content (AvgIpc) is 2.48. The van der Waals surface area contributed by atoms with Crippen molar-refractivity contribution in [2.24, 2.45) is 0 Å². The first kappa shape index (κ1) is 18.0. The van der Waals surface area contributed by atoms with E-state index in [0.717, 1.165) is 13.1 Å². The van der Waals surface area contributed by atoms with Crippen LogP contribution in [-0.2, 0) is 11.1 Å². The number of hydrogen-bond donors (Lipinski definition) is 3. The smallest absolute Gasteiger partial charge is 0.253 e. The van der Waals surface area contributed by atoms with Gasteiger partial charge in [-0.2, -0.15) is 0 Å². The predicted molar refractivity (Wildman–Crippen MR) is 78.3 cm³/mol. The molecule has 1 aromatic rings. The molecule has 2 rings (SSSR count). The largest absolute Gasteiger partial charge is 0.768 e. The molecule has 9 heteroatoms. The molecule has 1 unspecified atom stereocenters. The second-order valence-corrected chi connectivity index (χ2v) is 5.46. The Kier molecular flexibility index (Phi) is 7.79. The highest BCUT2D eigenvalue weighted by molar-refractivity contribution is 7.79. The molecule has 0 spiro atoms. The van der Waals surface area contributed by atoms with Crippen molar-refractivity contribution in [1.82, 2.24) is 15.7 Å². The number of carbonyl (C=O) groups excluding carboxylic acids is 1. The van der Waals surface area contributed by atoms with Crippen molar-refractivity contribution < 1.29 is 18.8 Å². The molecule has 118 valence electrons. The molecular weight excluding hydrogens is 318 g/mol. The second-order valence-electron chi connectivity index (χ2n) is 4.15. The minimum Gasteiger partial charge on any atom is -0.768 e. The molecule has 1 fully saturated rings. The van der Waals surface area contributed by atoms with Crippen molar-refractivity contribution in [3.63, 3.8) is 0 Å². The third-order valence-electron chi connectivity index (χ3n) is 2.76.